The predicted octanol–water partition coefficient (Wildman–Crippen LogP) is 1.79. The van der Waals surface area contributed by atoms with Gasteiger partial charge in [0.1, 0.15) is 11.6 Å². The summed E-state index contributed by atoms with van der Waals surface area (Å²) in [6.07, 6.45) is 0. The molecule has 0 fully saturated rings. The number of H-pyrrole nitrogens is 1. The first-order valence-corrected chi connectivity index (χ1v) is 6.12. The fourth-order valence-electron chi connectivity index (χ4n) is 1.64. The van der Waals surface area contributed by atoms with E-state index in [1.54, 1.807) is 38.4 Å². The zero-order valence-electron chi connectivity index (χ0n) is 11.7. The molecule has 2 rings (SSSR count). The molecule has 0 radical (unpaired) electrons. The summed E-state index contributed by atoms with van der Waals surface area (Å²) in [6, 6.07) is 6.91. The molecule has 1 aromatic heterocycles. The average molecular weight is 275 g/mol. The van der Waals surface area contributed by atoms with Gasteiger partial charge in [0.05, 0.1) is 13.7 Å². The number of nitrogens with zero attached hydrogens (tertiary/aromatic N) is 3. The van der Waals surface area contributed by atoms with Gasteiger partial charge < -0.3 is 15.0 Å². The smallest absolute Gasteiger partial charge is 0.321 e. The number of urea groups is 1. The number of benzene rings is 1. The summed E-state index contributed by atoms with van der Waals surface area (Å²) in [4.78, 5) is 17.7. The molecule has 0 unspecified atom stereocenters. The molecule has 2 N–H and O–H groups in total. The Balaban J connectivity index is 1.93. The van der Waals surface area contributed by atoms with Crippen LogP contribution < -0.4 is 10.1 Å². The highest BCUT2D eigenvalue weighted by Crippen LogP contribution is 2.15. The second-order valence-corrected chi connectivity index (χ2v) is 4.35. The van der Waals surface area contributed by atoms with Crippen LogP contribution in [-0.2, 0) is 6.54 Å². The number of carbonyl (C=O) groups is 1. The standard InChI is InChI=1S/C13H17N5O2/c1-9-14-12(17-16-9)8-18(2)13(19)15-10-4-6-11(20-3)7-5-10/h4-7H,8H2,1-3H3,(H,15,19)(H,14,16,17). The molecule has 106 valence electrons. The van der Waals surface area contributed by atoms with Gasteiger partial charge in [-0.2, -0.15) is 5.10 Å². The zero-order chi connectivity index (χ0) is 14.5. The van der Waals surface area contributed by atoms with E-state index in [0.29, 0.717) is 18.1 Å². The van der Waals surface area contributed by atoms with Gasteiger partial charge in [-0.15, -0.1) is 0 Å². The Morgan fingerprint density at radius 2 is 2.10 bits per heavy atom. The maximum atomic E-state index is 12.0. The maximum absolute atomic E-state index is 12.0. The lowest BCUT2D eigenvalue weighted by molar-refractivity contribution is 0.219. The van der Waals surface area contributed by atoms with Crippen LogP contribution in [0.25, 0.3) is 0 Å². The van der Waals surface area contributed by atoms with Crippen molar-refractivity contribution in [1.29, 1.82) is 0 Å². The third kappa shape index (κ3) is 3.47. The van der Waals surface area contributed by atoms with Crippen LogP contribution in [0.15, 0.2) is 24.3 Å². The van der Waals surface area contributed by atoms with Gasteiger partial charge in [0.2, 0.25) is 0 Å². The Kier molecular flexibility index (Phi) is 4.19. The highest BCUT2D eigenvalue weighted by atomic mass is 16.5. The summed E-state index contributed by atoms with van der Waals surface area (Å²) in [5, 5.41) is 9.52. The first-order valence-electron chi connectivity index (χ1n) is 6.12. The minimum atomic E-state index is -0.224. The van der Waals surface area contributed by atoms with Gasteiger partial charge in [-0.05, 0) is 31.2 Å². The van der Waals surface area contributed by atoms with Gasteiger partial charge in [0, 0.05) is 12.7 Å². The normalized spacial score (nSPS) is 10.2. The molecule has 20 heavy (non-hydrogen) atoms. The number of aryl methyl sites for hydroxylation is 1. The average Bonchev–Trinajstić information content (AvgIpc) is 2.85. The molecule has 0 aliphatic carbocycles. The van der Waals surface area contributed by atoms with Crippen molar-refractivity contribution in [3.8, 4) is 5.75 Å². The van der Waals surface area contributed by atoms with Crippen molar-refractivity contribution in [1.82, 2.24) is 20.1 Å². The van der Waals surface area contributed by atoms with Gasteiger partial charge >= 0.3 is 6.03 Å². The fourth-order valence-corrected chi connectivity index (χ4v) is 1.64. The number of hydrogen-bond donors (Lipinski definition) is 2. The minimum absolute atomic E-state index is 0.224. The van der Waals surface area contributed by atoms with Crippen molar-refractivity contribution < 1.29 is 9.53 Å². The number of amides is 2. The van der Waals surface area contributed by atoms with E-state index in [4.69, 9.17) is 4.74 Å². The molecule has 0 spiro atoms. The number of rotatable bonds is 4. The molecular formula is C13H17N5O2. The number of aromatic nitrogens is 3. The van der Waals surface area contributed by atoms with Crippen molar-refractivity contribution in [3.63, 3.8) is 0 Å². The monoisotopic (exact) mass is 275 g/mol. The molecule has 0 aliphatic rings. The first kappa shape index (κ1) is 13.9. The van der Waals surface area contributed by atoms with Crippen LogP contribution in [0, 0.1) is 6.92 Å². The fraction of sp³-hybridized carbons (Fsp3) is 0.308. The van der Waals surface area contributed by atoms with E-state index in [9.17, 15) is 4.79 Å². The van der Waals surface area contributed by atoms with E-state index < -0.39 is 0 Å². The molecule has 0 saturated heterocycles. The van der Waals surface area contributed by atoms with Crippen molar-refractivity contribution in [3.05, 3.63) is 35.9 Å². The minimum Gasteiger partial charge on any atom is -0.497 e. The summed E-state index contributed by atoms with van der Waals surface area (Å²) in [6.45, 7) is 2.15. The Morgan fingerprint density at radius 1 is 1.40 bits per heavy atom. The van der Waals surface area contributed by atoms with Crippen LogP contribution in [0.5, 0.6) is 5.75 Å². The number of nitrogens with one attached hydrogen (secondary N) is 2. The lowest BCUT2D eigenvalue weighted by Gasteiger charge is -2.16. The lowest BCUT2D eigenvalue weighted by atomic mass is 10.3. The zero-order valence-corrected chi connectivity index (χ0v) is 11.7. The van der Waals surface area contributed by atoms with Gasteiger partial charge in [-0.3, -0.25) is 5.10 Å². The number of hydrogen-bond acceptors (Lipinski definition) is 4. The lowest BCUT2D eigenvalue weighted by Crippen LogP contribution is -2.31. The molecule has 1 aromatic carbocycles. The van der Waals surface area contributed by atoms with Crippen LogP contribution in [0.3, 0.4) is 0 Å². The summed E-state index contributed by atoms with van der Waals surface area (Å²) in [7, 11) is 3.28. The van der Waals surface area contributed by atoms with Gasteiger partial charge in [-0.1, -0.05) is 0 Å². The maximum Gasteiger partial charge on any atom is 0.321 e. The SMILES string of the molecule is COc1ccc(NC(=O)N(C)Cc2n[nH]c(C)n2)cc1. The summed E-state index contributed by atoms with van der Waals surface area (Å²) < 4.78 is 5.06. The predicted molar refractivity (Wildman–Crippen MR) is 74.6 cm³/mol. The third-order valence-corrected chi connectivity index (χ3v) is 2.71. The number of ether oxygens (including phenoxy) is 1. The van der Waals surface area contributed by atoms with E-state index in [1.807, 2.05) is 6.92 Å². The second kappa shape index (κ2) is 6.05. The summed E-state index contributed by atoms with van der Waals surface area (Å²) >= 11 is 0. The van der Waals surface area contributed by atoms with Crippen LogP contribution in [0.2, 0.25) is 0 Å². The molecule has 1 heterocycles. The van der Waals surface area contributed by atoms with Gasteiger partial charge in [-0.25, -0.2) is 9.78 Å². The van der Waals surface area contributed by atoms with Crippen molar-refractivity contribution in [2.75, 3.05) is 19.5 Å². The Labute approximate surface area is 117 Å². The van der Waals surface area contributed by atoms with Crippen molar-refractivity contribution in [2.24, 2.45) is 0 Å². The molecule has 0 atom stereocenters. The van der Waals surface area contributed by atoms with E-state index >= 15 is 0 Å². The molecule has 2 amide bonds. The number of aromatic amines is 1. The number of anilines is 1. The van der Waals surface area contributed by atoms with Crippen LogP contribution in [-0.4, -0.2) is 40.3 Å². The van der Waals surface area contributed by atoms with E-state index in [-0.39, 0.29) is 6.03 Å². The number of methoxy groups -OCH3 is 1. The summed E-state index contributed by atoms with van der Waals surface area (Å²) in [5.41, 5.74) is 0.703. The first-order chi connectivity index (χ1) is 9.58. The van der Waals surface area contributed by atoms with E-state index in [1.165, 1.54) is 4.90 Å². The molecule has 0 aliphatic heterocycles. The molecular weight excluding hydrogens is 258 g/mol. The van der Waals surface area contributed by atoms with Gasteiger partial charge in [0.15, 0.2) is 5.82 Å². The van der Waals surface area contributed by atoms with Crippen LogP contribution in [0.1, 0.15) is 11.6 Å². The van der Waals surface area contributed by atoms with Crippen molar-refractivity contribution in [2.45, 2.75) is 13.5 Å². The topological polar surface area (TPSA) is 83.1 Å². The highest BCUT2D eigenvalue weighted by Gasteiger charge is 2.11. The Morgan fingerprint density at radius 3 is 2.65 bits per heavy atom. The van der Waals surface area contributed by atoms with Crippen LogP contribution in [0.4, 0.5) is 10.5 Å². The summed E-state index contributed by atoms with van der Waals surface area (Å²) in [5.74, 6) is 2.05. The second-order valence-electron chi connectivity index (χ2n) is 4.35. The number of carbonyl (C=O) groups excluding carboxylic acids is 1. The Hall–Kier alpha value is -2.57. The Bertz CT molecular complexity index is 579. The largest absolute Gasteiger partial charge is 0.497 e. The molecule has 0 bridgehead atoms. The van der Waals surface area contributed by atoms with Gasteiger partial charge in [0.25, 0.3) is 0 Å². The van der Waals surface area contributed by atoms with E-state index in [2.05, 4.69) is 20.5 Å². The van der Waals surface area contributed by atoms with Crippen molar-refractivity contribution >= 4 is 11.7 Å². The third-order valence-electron chi connectivity index (χ3n) is 2.71. The molecule has 0 saturated carbocycles. The molecule has 7 heteroatoms. The molecule has 2 aromatic rings. The quantitative estimate of drug-likeness (QED) is 0.891. The molecule has 7 nitrogen and oxygen atoms in total. The van der Waals surface area contributed by atoms with E-state index in [0.717, 1.165) is 11.6 Å². The van der Waals surface area contributed by atoms with Crippen LogP contribution >= 0.6 is 0 Å². The highest BCUT2D eigenvalue weighted by molar-refractivity contribution is 5.89.